The predicted octanol–water partition coefficient (Wildman–Crippen LogP) is 1.70. The molecule has 2 rings (SSSR count). The number of oxazole rings is 1. The van der Waals surface area contributed by atoms with Crippen LogP contribution in [-0.4, -0.2) is 27.6 Å². The number of rotatable bonds is 3. The molecule has 0 spiro atoms. The van der Waals surface area contributed by atoms with E-state index < -0.39 is 5.97 Å². The topological polar surface area (TPSA) is 63.3 Å². The molecule has 5 heteroatoms. The monoisotopic (exact) mass is 227 g/mol. The van der Waals surface area contributed by atoms with Gasteiger partial charge in [-0.3, -0.25) is 4.79 Å². The number of hydrogen-bond donors (Lipinski definition) is 1. The highest BCUT2D eigenvalue weighted by Gasteiger charge is 2.34. The third-order valence-electron chi connectivity index (χ3n) is 2.67. The largest absolute Gasteiger partial charge is 0.481 e. The van der Waals surface area contributed by atoms with Gasteiger partial charge in [-0.15, -0.1) is 0 Å². The molecular formula is C10H13NO3S. The highest BCUT2D eigenvalue weighted by molar-refractivity contribution is 7.99. The van der Waals surface area contributed by atoms with Crippen LogP contribution in [0.25, 0.3) is 0 Å². The lowest BCUT2D eigenvalue weighted by Crippen LogP contribution is -2.19. The Morgan fingerprint density at radius 3 is 3.20 bits per heavy atom. The van der Waals surface area contributed by atoms with E-state index in [1.165, 1.54) is 0 Å². The molecule has 4 nitrogen and oxygen atoms in total. The zero-order valence-electron chi connectivity index (χ0n) is 8.52. The molecule has 0 aromatic carbocycles. The van der Waals surface area contributed by atoms with Gasteiger partial charge in [-0.05, 0) is 12.2 Å². The number of carboxylic acid groups (broad SMARTS) is 1. The van der Waals surface area contributed by atoms with Crippen LogP contribution >= 0.6 is 11.8 Å². The van der Waals surface area contributed by atoms with Crippen molar-refractivity contribution in [2.45, 2.75) is 25.2 Å². The van der Waals surface area contributed by atoms with E-state index in [9.17, 15) is 4.79 Å². The molecule has 1 aromatic heterocycles. The molecule has 82 valence electrons. The van der Waals surface area contributed by atoms with E-state index >= 15 is 0 Å². The lowest BCUT2D eigenvalue weighted by molar-refractivity contribution is -0.136. The second kappa shape index (κ2) is 3.89. The van der Waals surface area contributed by atoms with Gasteiger partial charge in [0.05, 0.1) is 6.20 Å². The van der Waals surface area contributed by atoms with Crippen molar-refractivity contribution in [2.24, 2.45) is 0 Å². The Kier molecular flexibility index (Phi) is 2.73. The molecule has 15 heavy (non-hydrogen) atoms. The van der Waals surface area contributed by atoms with E-state index in [0.717, 1.165) is 23.7 Å². The summed E-state index contributed by atoms with van der Waals surface area (Å²) in [7, 11) is 0. The van der Waals surface area contributed by atoms with Crippen LogP contribution in [0.4, 0.5) is 0 Å². The van der Waals surface area contributed by atoms with Crippen LogP contribution in [-0.2, 0) is 16.6 Å². The summed E-state index contributed by atoms with van der Waals surface area (Å²) in [6.45, 7) is 2.14. The van der Waals surface area contributed by atoms with Gasteiger partial charge in [0.25, 0.3) is 0 Å². The highest BCUT2D eigenvalue weighted by Crippen LogP contribution is 2.38. The highest BCUT2D eigenvalue weighted by atomic mass is 32.2. The number of nitrogens with zero attached hydrogens (tertiary/aromatic N) is 1. The van der Waals surface area contributed by atoms with Gasteiger partial charge >= 0.3 is 5.97 Å². The molecule has 0 radical (unpaired) electrons. The Morgan fingerprint density at radius 1 is 1.80 bits per heavy atom. The molecule has 1 N–H and O–H groups in total. The van der Waals surface area contributed by atoms with Gasteiger partial charge in [-0.2, -0.15) is 11.8 Å². The maximum Gasteiger partial charge on any atom is 0.312 e. The molecule has 0 amide bonds. The molecule has 1 unspecified atom stereocenters. The molecule has 1 aliphatic heterocycles. The first-order valence-corrected chi connectivity index (χ1v) is 6.00. The standard InChI is InChI=1S/C10H13NO3S/c1-10(2-3-15-6-10)7-5-11-8(14-7)4-9(12)13/h5H,2-4,6H2,1H3,(H,12,13). The molecule has 1 fully saturated rings. The Morgan fingerprint density at radius 2 is 2.60 bits per heavy atom. The molecule has 1 atom stereocenters. The summed E-state index contributed by atoms with van der Waals surface area (Å²) in [5.74, 6) is 2.37. The second-order valence-electron chi connectivity index (χ2n) is 4.05. The third kappa shape index (κ3) is 2.17. The maximum atomic E-state index is 10.5. The number of thioether (sulfide) groups is 1. The molecule has 1 aliphatic rings. The van der Waals surface area contributed by atoms with E-state index in [0.29, 0.717) is 5.89 Å². The first kappa shape index (κ1) is 10.5. The average molecular weight is 227 g/mol. The Hall–Kier alpha value is -0.970. The van der Waals surface area contributed by atoms with Gasteiger partial charge in [0.15, 0.2) is 0 Å². The van der Waals surface area contributed by atoms with Crippen LogP contribution in [0.3, 0.4) is 0 Å². The predicted molar refractivity (Wildman–Crippen MR) is 57.1 cm³/mol. The number of aromatic nitrogens is 1. The normalized spacial score (nSPS) is 25.7. The molecule has 0 bridgehead atoms. The van der Waals surface area contributed by atoms with Gasteiger partial charge in [-0.25, -0.2) is 4.98 Å². The van der Waals surface area contributed by atoms with E-state index in [1.807, 2.05) is 11.8 Å². The first-order valence-electron chi connectivity index (χ1n) is 4.85. The van der Waals surface area contributed by atoms with E-state index in [-0.39, 0.29) is 11.8 Å². The fraction of sp³-hybridized carbons (Fsp3) is 0.600. The molecule has 0 saturated carbocycles. The van der Waals surface area contributed by atoms with Crippen LogP contribution in [0.1, 0.15) is 25.0 Å². The van der Waals surface area contributed by atoms with Crippen LogP contribution in [0, 0.1) is 0 Å². The minimum atomic E-state index is -0.908. The van der Waals surface area contributed by atoms with Crippen molar-refractivity contribution in [3.05, 3.63) is 17.8 Å². The Labute approximate surface area is 92.1 Å². The summed E-state index contributed by atoms with van der Waals surface area (Å²) in [6.07, 6.45) is 2.60. The van der Waals surface area contributed by atoms with E-state index in [2.05, 4.69) is 11.9 Å². The zero-order valence-corrected chi connectivity index (χ0v) is 9.34. The van der Waals surface area contributed by atoms with Crippen molar-refractivity contribution in [1.29, 1.82) is 0 Å². The Bertz CT molecular complexity index is 368. The maximum absolute atomic E-state index is 10.5. The van der Waals surface area contributed by atoms with Crippen molar-refractivity contribution in [2.75, 3.05) is 11.5 Å². The molecule has 0 aliphatic carbocycles. The van der Waals surface area contributed by atoms with E-state index in [4.69, 9.17) is 9.52 Å². The summed E-state index contributed by atoms with van der Waals surface area (Å²) in [5.41, 5.74) is 0.0361. The second-order valence-corrected chi connectivity index (χ2v) is 5.16. The van der Waals surface area contributed by atoms with Crippen molar-refractivity contribution in [1.82, 2.24) is 4.98 Å². The van der Waals surface area contributed by atoms with Gasteiger partial charge in [0.1, 0.15) is 12.2 Å². The molecular weight excluding hydrogens is 214 g/mol. The van der Waals surface area contributed by atoms with E-state index in [1.54, 1.807) is 6.20 Å². The summed E-state index contributed by atoms with van der Waals surface area (Å²) in [6, 6.07) is 0. The minimum Gasteiger partial charge on any atom is -0.481 e. The fourth-order valence-corrected chi connectivity index (χ4v) is 3.14. The third-order valence-corrected chi connectivity index (χ3v) is 4.00. The van der Waals surface area contributed by atoms with Gasteiger partial charge < -0.3 is 9.52 Å². The quantitative estimate of drug-likeness (QED) is 0.851. The van der Waals surface area contributed by atoms with Crippen LogP contribution in [0.5, 0.6) is 0 Å². The number of carboxylic acids is 1. The van der Waals surface area contributed by atoms with Crippen LogP contribution in [0.15, 0.2) is 10.6 Å². The fourth-order valence-electron chi connectivity index (χ4n) is 1.66. The SMILES string of the molecule is CC1(c2cnc(CC(=O)O)o2)CCSC1. The van der Waals surface area contributed by atoms with Crippen molar-refractivity contribution in [3.8, 4) is 0 Å². The first-order chi connectivity index (χ1) is 7.10. The smallest absolute Gasteiger partial charge is 0.312 e. The summed E-state index contributed by atoms with van der Waals surface area (Å²) >= 11 is 1.89. The lowest BCUT2D eigenvalue weighted by atomic mass is 9.88. The number of carbonyl (C=O) groups is 1. The molecule has 1 saturated heterocycles. The van der Waals surface area contributed by atoms with Crippen molar-refractivity contribution in [3.63, 3.8) is 0 Å². The number of hydrogen-bond acceptors (Lipinski definition) is 4. The average Bonchev–Trinajstić information content (AvgIpc) is 2.74. The van der Waals surface area contributed by atoms with Gasteiger partial charge in [0.2, 0.25) is 5.89 Å². The molecule has 1 aromatic rings. The van der Waals surface area contributed by atoms with Crippen LogP contribution in [0.2, 0.25) is 0 Å². The van der Waals surface area contributed by atoms with Gasteiger partial charge in [-0.1, -0.05) is 6.92 Å². The van der Waals surface area contributed by atoms with Crippen LogP contribution < -0.4 is 0 Å². The lowest BCUT2D eigenvalue weighted by Gasteiger charge is -2.18. The van der Waals surface area contributed by atoms with Crippen molar-refractivity contribution < 1.29 is 14.3 Å². The summed E-state index contributed by atoms with van der Waals surface area (Å²) < 4.78 is 5.48. The van der Waals surface area contributed by atoms with Gasteiger partial charge in [0, 0.05) is 11.2 Å². The summed E-state index contributed by atoms with van der Waals surface area (Å²) in [5, 5.41) is 8.60. The zero-order chi connectivity index (χ0) is 10.9. The number of aliphatic carboxylic acids is 1. The minimum absolute atomic E-state index is 0.0361. The summed E-state index contributed by atoms with van der Waals surface area (Å²) in [4.78, 5) is 14.5. The molecule has 2 heterocycles. The van der Waals surface area contributed by atoms with Crippen molar-refractivity contribution >= 4 is 17.7 Å². The Balaban J connectivity index is 2.15.